The highest BCUT2D eigenvalue weighted by atomic mass is 35.5. The van der Waals surface area contributed by atoms with Gasteiger partial charge in [0.25, 0.3) is 5.91 Å². The van der Waals surface area contributed by atoms with Crippen molar-refractivity contribution in [1.29, 1.82) is 0 Å². The molecule has 0 saturated carbocycles. The average Bonchev–Trinajstić information content (AvgIpc) is 2.72. The Morgan fingerprint density at radius 2 is 2.19 bits per heavy atom. The molecule has 0 aliphatic carbocycles. The van der Waals surface area contributed by atoms with Crippen molar-refractivity contribution in [3.05, 3.63) is 33.8 Å². The average molecular weight is 325 g/mol. The Hall–Kier alpha value is -1.79. The number of nitrogens with zero attached hydrogens (tertiary/aromatic N) is 1. The third-order valence-corrected chi connectivity index (χ3v) is 4.06. The van der Waals surface area contributed by atoms with E-state index in [0.717, 1.165) is 12.1 Å². The molecule has 0 atom stereocenters. The number of carbonyl (C=O) groups excluding carboxylic acids is 1. The van der Waals surface area contributed by atoms with Gasteiger partial charge in [0.2, 0.25) is 0 Å². The van der Waals surface area contributed by atoms with E-state index in [2.05, 4.69) is 10.3 Å². The maximum Gasteiger partial charge on any atom is 0.257 e. The molecule has 1 amide bonds. The molecule has 3 rings (SSSR count). The lowest BCUT2D eigenvalue weighted by atomic mass is 10.2. The molecule has 2 heterocycles. The molecule has 5 nitrogen and oxygen atoms in total. The number of rotatable bonds is 2. The summed E-state index contributed by atoms with van der Waals surface area (Å²) in [6.45, 7) is 2.97. The number of hydrogen-bond donors (Lipinski definition) is 1. The molecule has 0 radical (unpaired) electrons. The molecule has 1 N–H and O–H groups in total. The molecule has 1 aromatic carbocycles. The van der Waals surface area contributed by atoms with Crippen LogP contribution in [0.5, 0.6) is 11.5 Å². The Balaban J connectivity index is 1.86. The van der Waals surface area contributed by atoms with Gasteiger partial charge in [0.15, 0.2) is 16.6 Å². The van der Waals surface area contributed by atoms with Gasteiger partial charge in [-0.05, 0) is 19.1 Å². The molecule has 0 bridgehead atoms. The van der Waals surface area contributed by atoms with Gasteiger partial charge in [0.1, 0.15) is 0 Å². The Morgan fingerprint density at radius 1 is 1.38 bits per heavy atom. The predicted molar refractivity (Wildman–Crippen MR) is 81.9 cm³/mol. The molecule has 1 aromatic heterocycles. The first-order chi connectivity index (χ1) is 10.1. The van der Waals surface area contributed by atoms with Crippen LogP contribution in [0.4, 0.5) is 5.13 Å². The molecule has 21 heavy (non-hydrogen) atoms. The van der Waals surface area contributed by atoms with Gasteiger partial charge in [-0.2, -0.15) is 0 Å². The van der Waals surface area contributed by atoms with E-state index >= 15 is 0 Å². The van der Waals surface area contributed by atoms with Crippen LogP contribution in [-0.4, -0.2) is 24.1 Å². The van der Waals surface area contributed by atoms with Crippen LogP contribution in [0.15, 0.2) is 17.5 Å². The molecule has 1 aliphatic rings. The first-order valence-corrected chi connectivity index (χ1v) is 7.72. The van der Waals surface area contributed by atoms with E-state index in [1.165, 1.54) is 11.3 Å². The van der Waals surface area contributed by atoms with Gasteiger partial charge in [-0.3, -0.25) is 10.1 Å². The minimum Gasteiger partial charge on any atom is -0.489 e. The summed E-state index contributed by atoms with van der Waals surface area (Å²) in [5.41, 5.74) is 1.28. The Labute approximate surface area is 130 Å². The SMILES string of the molecule is Cc1csc(NC(=O)c2cc(Cl)c3c(c2)OCCCO3)n1. The minimum atomic E-state index is -0.276. The molecule has 7 heteroatoms. The largest absolute Gasteiger partial charge is 0.489 e. The molecule has 0 spiro atoms. The summed E-state index contributed by atoms with van der Waals surface area (Å²) >= 11 is 7.55. The van der Waals surface area contributed by atoms with Gasteiger partial charge in [0, 0.05) is 17.4 Å². The molecule has 1 aliphatic heterocycles. The molecular weight excluding hydrogens is 312 g/mol. The van der Waals surface area contributed by atoms with Crippen molar-refractivity contribution in [3.8, 4) is 11.5 Å². The molecule has 0 saturated heterocycles. The molecule has 0 fully saturated rings. The topological polar surface area (TPSA) is 60.5 Å². The number of aryl methyl sites for hydroxylation is 1. The number of anilines is 1. The number of aromatic nitrogens is 1. The van der Waals surface area contributed by atoms with Crippen molar-refractivity contribution in [2.24, 2.45) is 0 Å². The van der Waals surface area contributed by atoms with Gasteiger partial charge < -0.3 is 9.47 Å². The van der Waals surface area contributed by atoms with Crippen LogP contribution < -0.4 is 14.8 Å². The van der Waals surface area contributed by atoms with Crippen LogP contribution in [0.3, 0.4) is 0 Å². The van der Waals surface area contributed by atoms with Gasteiger partial charge >= 0.3 is 0 Å². The quantitative estimate of drug-likeness (QED) is 0.918. The Morgan fingerprint density at radius 3 is 2.95 bits per heavy atom. The number of carbonyl (C=O) groups is 1. The summed E-state index contributed by atoms with van der Waals surface area (Å²) in [5.74, 6) is 0.721. The summed E-state index contributed by atoms with van der Waals surface area (Å²) in [6.07, 6.45) is 0.783. The molecular formula is C14H13ClN2O3S. The number of ether oxygens (including phenoxy) is 2. The first-order valence-electron chi connectivity index (χ1n) is 6.46. The van der Waals surface area contributed by atoms with E-state index in [9.17, 15) is 4.79 Å². The number of benzene rings is 1. The van der Waals surface area contributed by atoms with Crippen molar-refractivity contribution >= 4 is 34.0 Å². The summed E-state index contributed by atoms with van der Waals surface area (Å²) in [6, 6.07) is 3.22. The van der Waals surface area contributed by atoms with Gasteiger partial charge in [-0.15, -0.1) is 11.3 Å². The summed E-state index contributed by atoms with van der Waals surface area (Å²) < 4.78 is 11.1. The molecule has 110 valence electrons. The number of thiazole rings is 1. The summed E-state index contributed by atoms with van der Waals surface area (Å²) in [4.78, 5) is 16.4. The zero-order chi connectivity index (χ0) is 14.8. The molecule has 0 unspecified atom stereocenters. The van der Waals surface area contributed by atoms with Crippen LogP contribution in [0.1, 0.15) is 22.5 Å². The van der Waals surface area contributed by atoms with E-state index in [-0.39, 0.29) is 5.91 Å². The lowest BCUT2D eigenvalue weighted by molar-refractivity contribution is 0.102. The monoisotopic (exact) mass is 324 g/mol. The minimum absolute atomic E-state index is 0.276. The smallest absolute Gasteiger partial charge is 0.257 e. The Kier molecular flexibility index (Phi) is 3.98. The van der Waals surface area contributed by atoms with E-state index in [0.29, 0.717) is 40.4 Å². The number of halogens is 1. The van der Waals surface area contributed by atoms with Crippen LogP contribution in [-0.2, 0) is 0 Å². The number of hydrogen-bond acceptors (Lipinski definition) is 5. The summed E-state index contributed by atoms with van der Waals surface area (Å²) in [5, 5.41) is 5.54. The first kappa shape index (κ1) is 14.2. The van der Waals surface area contributed by atoms with Gasteiger partial charge in [-0.1, -0.05) is 11.6 Å². The van der Waals surface area contributed by atoms with Crippen molar-refractivity contribution in [2.45, 2.75) is 13.3 Å². The fourth-order valence-electron chi connectivity index (χ4n) is 1.94. The number of fused-ring (bicyclic) bond motifs is 1. The maximum absolute atomic E-state index is 12.2. The van der Waals surface area contributed by atoms with Crippen LogP contribution in [0, 0.1) is 6.92 Å². The van der Waals surface area contributed by atoms with Gasteiger partial charge in [0.05, 0.1) is 23.9 Å². The van der Waals surface area contributed by atoms with Crippen LogP contribution >= 0.6 is 22.9 Å². The second kappa shape index (κ2) is 5.91. The van der Waals surface area contributed by atoms with E-state index in [1.807, 2.05) is 12.3 Å². The third kappa shape index (κ3) is 3.11. The van der Waals surface area contributed by atoms with Crippen molar-refractivity contribution in [2.75, 3.05) is 18.5 Å². The highest BCUT2D eigenvalue weighted by Gasteiger charge is 2.19. The Bertz CT molecular complexity index is 687. The number of amides is 1. The van der Waals surface area contributed by atoms with E-state index in [1.54, 1.807) is 12.1 Å². The van der Waals surface area contributed by atoms with Crippen molar-refractivity contribution in [3.63, 3.8) is 0 Å². The van der Waals surface area contributed by atoms with Crippen LogP contribution in [0.25, 0.3) is 0 Å². The fourth-order valence-corrected chi connectivity index (χ4v) is 2.89. The van der Waals surface area contributed by atoms with E-state index < -0.39 is 0 Å². The third-order valence-electron chi connectivity index (χ3n) is 2.90. The second-order valence-electron chi connectivity index (χ2n) is 4.58. The maximum atomic E-state index is 12.2. The summed E-state index contributed by atoms with van der Waals surface area (Å²) in [7, 11) is 0. The molecule has 2 aromatic rings. The lowest BCUT2D eigenvalue weighted by Crippen LogP contribution is -2.12. The lowest BCUT2D eigenvalue weighted by Gasteiger charge is -2.11. The van der Waals surface area contributed by atoms with Gasteiger partial charge in [-0.25, -0.2) is 4.98 Å². The highest BCUT2D eigenvalue weighted by molar-refractivity contribution is 7.13. The zero-order valence-electron chi connectivity index (χ0n) is 11.3. The normalized spacial score (nSPS) is 13.6. The van der Waals surface area contributed by atoms with Crippen molar-refractivity contribution in [1.82, 2.24) is 4.98 Å². The zero-order valence-corrected chi connectivity index (χ0v) is 12.9. The highest BCUT2D eigenvalue weighted by Crippen LogP contribution is 2.38. The predicted octanol–water partition coefficient (Wildman–Crippen LogP) is 3.52. The standard InChI is InChI=1S/C14H13ClN2O3S/c1-8-7-21-14(16-8)17-13(18)9-5-10(15)12-11(6-9)19-3-2-4-20-12/h5-7H,2-4H2,1H3,(H,16,17,18). The van der Waals surface area contributed by atoms with E-state index in [4.69, 9.17) is 21.1 Å². The fraction of sp³-hybridized carbons (Fsp3) is 0.286. The van der Waals surface area contributed by atoms with Crippen LogP contribution in [0.2, 0.25) is 5.02 Å². The van der Waals surface area contributed by atoms with Crippen molar-refractivity contribution < 1.29 is 14.3 Å². The number of nitrogens with one attached hydrogen (secondary N) is 1. The second-order valence-corrected chi connectivity index (χ2v) is 5.85.